The van der Waals surface area contributed by atoms with Gasteiger partial charge in [0.1, 0.15) is 5.82 Å². The van der Waals surface area contributed by atoms with E-state index in [2.05, 4.69) is 9.71 Å². The van der Waals surface area contributed by atoms with E-state index in [9.17, 15) is 8.42 Å². The third-order valence-corrected chi connectivity index (χ3v) is 4.92. The summed E-state index contributed by atoms with van der Waals surface area (Å²) in [6.45, 7) is 0. The van der Waals surface area contributed by atoms with E-state index in [0.717, 1.165) is 4.90 Å². The van der Waals surface area contributed by atoms with Crippen molar-refractivity contribution < 1.29 is 8.42 Å². The van der Waals surface area contributed by atoms with Gasteiger partial charge >= 0.3 is 0 Å². The lowest BCUT2D eigenvalue weighted by Gasteiger charge is -2.07. The highest BCUT2D eigenvalue weighted by Gasteiger charge is 2.10. The van der Waals surface area contributed by atoms with Gasteiger partial charge in [0, 0.05) is 22.5 Å². The van der Waals surface area contributed by atoms with Crippen LogP contribution in [0, 0.1) is 0 Å². The second-order valence-corrected chi connectivity index (χ2v) is 7.07. The molecule has 0 amide bonds. The second kappa shape index (κ2) is 6.62. The van der Waals surface area contributed by atoms with Crippen LogP contribution in [-0.4, -0.2) is 24.9 Å². The predicted octanol–water partition coefficient (Wildman–Crippen LogP) is 2.20. The molecule has 0 radical (unpaired) electrons. The van der Waals surface area contributed by atoms with Crippen LogP contribution in [0.2, 0.25) is 0 Å². The molecule has 5 nitrogen and oxygen atoms in total. The lowest BCUT2D eigenvalue weighted by atomic mass is 10.3. The van der Waals surface area contributed by atoms with Gasteiger partial charge in [0.05, 0.1) is 5.75 Å². The molecule has 106 valence electrons. The van der Waals surface area contributed by atoms with Crippen LogP contribution in [0.1, 0.15) is 0 Å². The molecule has 1 aromatic carbocycles. The fourth-order valence-electron chi connectivity index (χ4n) is 1.51. The Morgan fingerprint density at radius 1 is 1.20 bits per heavy atom. The summed E-state index contributed by atoms with van der Waals surface area (Å²) in [5.74, 6) is 0.802. The van der Waals surface area contributed by atoms with E-state index < -0.39 is 10.0 Å². The molecule has 0 aliphatic heterocycles. The smallest absolute Gasteiger partial charge is 0.234 e. The first kappa shape index (κ1) is 14.7. The van der Waals surface area contributed by atoms with Gasteiger partial charge in [0.15, 0.2) is 0 Å². The topological polar surface area (TPSA) is 85.1 Å². The van der Waals surface area contributed by atoms with Gasteiger partial charge in [-0.15, -0.1) is 11.8 Å². The number of nitrogens with one attached hydrogen (secondary N) is 1. The van der Waals surface area contributed by atoms with Crippen LogP contribution in [-0.2, 0) is 10.0 Å². The highest BCUT2D eigenvalue weighted by atomic mass is 32.2. The van der Waals surface area contributed by atoms with Gasteiger partial charge in [-0.05, 0) is 30.3 Å². The number of nitrogen functional groups attached to an aromatic ring is 1. The number of sulfonamides is 1. The van der Waals surface area contributed by atoms with Crippen molar-refractivity contribution in [3.8, 4) is 0 Å². The van der Waals surface area contributed by atoms with Gasteiger partial charge in [-0.3, -0.25) is 4.72 Å². The van der Waals surface area contributed by atoms with E-state index in [1.165, 1.54) is 11.8 Å². The first-order valence-electron chi connectivity index (χ1n) is 5.95. The summed E-state index contributed by atoms with van der Waals surface area (Å²) in [7, 11) is -3.38. The van der Waals surface area contributed by atoms with Crippen LogP contribution in [0.5, 0.6) is 0 Å². The fourth-order valence-corrected chi connectivity index (χ4v) is 3.89. The van der Waals surface area contributed by atoms with E-state index >= 15 is 0 Å². The Morgan fingerprint density at radius 2 is 2.05 bits per heavy atom. The van der Waals surface area contributed by atoms with Crippen LogP contribution < -0.4 is 10.5 Å². The van der Waals surface area contributed by atoms with Crippen LogP contribution in [0.25, 0.3) is 0 Å². The van der Waals surface area contributed by atoms with Crippen molar-refractivity contribution in [1.29, 1.82) is 0 Å². The monoisotopic (exact) mass is 309 g/mol. The molecule has 0 fully saturated rings. The largest absolute Gasteiger partial charge is 0.399 e. The SMILES string of the molecule is Nc1cccc(SCCS(=O)(=O)Nc2ccccn2)c1. The Balaban J connectivity index is 1.87. The third-order valence-electron chi connectivity index (χ3n) is 2.40. The molecule has 0 atom stereocenters. The molecule has 0 saturated heterocycles. The van der Waals surface area contributed by atoms with Crippen molar-refractivity contribution >= 4 is 33.3 Å². The van der Waals surface area contributed by atoms with E-state index in [4.69, 9.17) is 5.73 Å². The lowest BCUT2D eigenvalue weighted by Crippen LogP contribution is -2.18. The Hall–Kier alpha value is -1.73. The minimum atomic E-state index is -3.38. The highest BCUT2D eigenvalue weighted by molar-refractivity contribution is 8.01. The lowest BCUT2D eigenvalue weighted by molar-refractivity contribution is 0.602. The van der Waals surface area contributed by atoms with Gasteiger partial charge in [0.25, 0.3) is 0 Å². The number of hydrogen-bond donors (Lipinski definition) is 2. The Labute approximate surface area is 122 Å². The molecule has 1 aromatic heterocycles. The van der Waals surface area contributed by atoms with Crippen LogP contribution >= 0.6 is 11.8 Å². The van der Waals surface area contributed by atoms with Gasteiger partial charge < -0.3 is 5.73 Å². The minimum Gasteiger partial charge on any atom is -0.399 e. The Morgan fingerprint density at radius 3 is 2.75 bits per heavy atom. The maximum atomic E-state index is 11.9. The molecular weight excluding hydrogens is 294 g/mol. The van der Waals surface area contributed by atoms with Crippen LogP contribution in [0.15, 0.2) is 53.6 Å². The predicted molar refractivity (Wildman–Crippen MR) is 83.2 cm³/mol. The molecule has 1 heterocycles. The summed E-state index contributed by atoms with van der Waals surface area (Å²) in [5, 5.41) is 0. The van der Waals surface area contributed by atoms with Gasteiger partial charge in [0.2, 0.25) is 10.0 Å². The number of thioether (sulfide) groups is 1. The Bertz CT molecular complexity index is 660. The molecule has 0 saturated carbocycles. The highest BCUT2D eigenvalue weighted by Crippen LogP contribution is 2.20. The number of nitrogens with zero attached hydrogens (tertiary/aromatic N) is 1. The molecule has 0 aliphatic rings. The number of anilines is 2. The maximum absolute atomic E-state index is 11.9. The molecule has 2 rings (SSSR count). The zero-order valence-electron chi connectivity index (χ0n) is 10.7. The van der Waals surface area contributed by atoms with Gasteiger partial charge in [-0.2, -0.15) is 0 Å². The van der Waals surface area contributed by atoms with Crippen LogP contribution in [0.3, 0.4) is 0 Å². The van der Waals surface area contributed by atoms with E-state index in [1.807, 2.05) is 18.2 Å². The summed E-state index contributed by atoms with van der Waals surface area (Å²) in [5.41, 5.74) is 6.34. The van der Waals surface area contributed by atoms with E-state index in [0.29, 0.717) is 17.3 Å². The number of aromatic nitrogens is 1. The quantitative estimate of drug-likeness (QED) is 0.631. The standard InChI is InChI=1S/C13H15N3O2S2/c14-11-4-3-5-12(10-11)19-8-9-20(17,18)16-13-6-1-2-7-15-13/h1-7,10H,8-9,14H2,(H,15,16). The number of hydrogen-bond acceptors (Lipinski definition) is 5. The third kappa shape index (κ3) is 4.75. The zero-order chi connectivity index (χ0) is 14.4. The molecule has 3 N–H and O–H groups in total. The molecule has 7 heteroatoms. The van der Waals surface area contributed by atoms with Crippen molar-refractivity contribution in [3.63, 3.8) is 0 Å². The maximum Gasteiger partial charge on any atom is 0.234 e. The molecular formula is C13H15N3O2S2. The van der Waals surface area contributed by atoms with Crippen molar-refractivity contribution in [2.24, 2.45) is 0 Å². The molecule has 0 bridgehead atoms. The first-order chi connectivity index (χ1) is 9.55. The average molecular weight is 309 g/mol. The van der Waals surface area contributed by atoms with Gasteiger partial charge in [-0.25, -0.2) is 13.4 Å². The summed E-state index contributed by atoms with van der Waals surface area (Å²) in [4.78, 5) is 4.88. The zero-order valence-corrected chi connectivity index (χ0v) is 12.3. The number of rotatable bonds is 6. The van der Waals surface area contributed by atoms with Gasteiger partial charge in [-0.1, -0.05) is 12.1 Å². The molecule has 20 heavy (non-hydrogen) atoms. The number of nitrogens with two attached hydrogens (primary N) is 1. The normalized spacial score (nSPS) is 11.2. The van der Waals surface area contributed by atoms with Crippen molar-refractivity contribution in [2.75, 3.05) is 22.0 Å². The van der Waals surface area contributed by atoms with Crippen molar-refractivity contribution in [1.82, 2.24) is 4.98 Å². The van der Waals surface area contributed by atoms with Crippen LogP contribution in [0.4, 0.5) is 11.5 Å². The van der Waals surface area contributed by atoms with Crippen molar-refractivity contribution in [2.45, 2.75) is 4.90 Å². The molecule has 0 unspecified atom stereocenters. The average Bonchev–Trinajstić information content (AvgIpc) is 2.39. The number of pyridine rings is 1. The molecule has 0 aliphatic carbocycles. The van der Waals surface area contributed by atoms with E-state index in [-0.39, 0.29) is 5.75 Å². The second-order valence-electron chi connectivity index (χ2n) is 4.06. The van der Waals surface area contributed by atoms with Crippen molar-refractivity contribution in [3.05, 3.63) is 48.7 Å². The first-order valence-corrected chi connectivity index (χ1v) is 8.59. The van der Waals surface area contributed by atoms with E-state index in [1.54, 1.807) is 30.5 Å². The minimum absolute atomic E-state index is 0.0169. The molecule has 2 aromatic rings. The summed E-state index contributed by atoms with van der Waals surface area (Å²) < 4.78 is 26.2. The summed E-state index contributed by atoms with van der Waals surface area (Å²) in [6.07, 6.45) is 1.54. The Kier molecular flexibility index (Phi) is 4.86. The fraction of sp³-hybridized carbons (Fsp3) is 0.154. The number of benzene rings is 1. The molecule has 0 spiro atoms. The summed E-state index contributed by atoms with van der Waals surface area (Å²) >= 11 is 1.45. The summed E-state index contributed by atoms with van der Waals surface area (Å²) in [6, 6.07) is 12.4.